The highest BCUT2D eigenvalue weighted by molar-refractivity contribution is 8.00. The molecule has 0 rings (SSSR count). The van der Waals surface area contributed by atoms with Gasteiger partial charge in [-0.1, -0.05) is 6.92 Å². The quantitative estimate of drug-likeness (QED) is 0.0435. The van der Waals surface area contributed by atoms with Gasteiger partial charge < -0.3 is 54.0 Å². The van der Waals surface area contributed by atoms with Crippen molar-refractivity contribution < 1.29 is 68.4 Å². The molecule has 0 saturated carbocycles. The van der Waals surface area contributed by atoms with Crippen LogP contribution in [0.2, 0.25) is 18.1 Å². The maximum Gasteiger partial charge on any atom is 0.500 e. The second kappa shape index (κ2) is 26.5. The van der Waals surface area contributed by atoms with E-state index in [0.29, 0.717) is 41.8 Å². The van der Waals surface area contributed by atoms with E-state index in [2.05, 4.69) is 0 Å². The first-order chi connectivity index (χ1) is 22.9. The molecule has 0 radical (unpaired) electrons. The number of ether oxygens (including phenoxy) is 3. The molecule has 15 nitrogen and oxygen atoms in total. The van der Waals surface area contributed by atoms with Crippen molar-refractivity contribution >= 4 is 79.6 Å². The van der Waals surface area contributed by atoms with E-state index in [4.69, 9.17) is 54.0 Å². The summed E-state index contributed by atoms with van der Waals surface area (Å²) in [5, 5.41) is 0. The largest absolute Gasteiger partial charge is 0.500 e. The highest BCUT2D eigenvalue weighted by atomic mass is 32.2. The molecule has 21 heteroatoms. The number of hydrogen-bond acceptors (Lipinski definition) is 18. The summed E-state index contributed by atoms with van der Waals surface area (Å²) in [7, 11) is 5.55. The highest BCUT2D eigenvalue weighted by Gasteiger charge is 2.39. The Morgan fingerprint density at radius 2 is 0.688 bits per heavy atom. The number of esters is 3. The number of carbonyl (C=O) groups excluding carboxylic acids is 3. The third-order valence-corrected chi connectivity index (χ3v) is 19.6. The lowest BCUT2D eigenvalue weighted by Crippen LogP contribution is -2.43. The molecule has 0 aromatic rings. The lowest BCUT2D eigenvalue weighted by Gasteiger charge is -2.31. The Morgan fingerprint density at radius 1 is 0.458 bits per heavy atom. The van der Waals surface area contributed by atoms with Gasteiger partial charge in [0.1, 0.15) is 19.8 Å². The minimum Gasteiger partial charge on any atom is -0.464 e. The van der Waals surface area contributed by atoms with Gasteiger partial charge in [0.15, 0.2) is 0 Å². The monoisotopic (exact) mass is 800 g/mol. The first kappa shape index (κ1) is 47.8. The molecule has 0 aliphatic rings. The molecule has 0 unspecified atom stereocenters. The third-order valence-electron chi connectivity index (χ3n) is 7.48. The fourth-order valence-corrected chi connectivity index (χ4v) is 13.2. The second-order valence-corrected chi connectivity index (χ2v) is 22.7. The average Bonchev–Trinajstić information content (AvgIpc) is 3.12. The van der Waals surface area contributed by atoms with Gasteiger partial charge in [-0.25, -0.2) is 0 Å². The van der Waals surface area contributed by atoms with Crippen LogP contribution < -0.4 is 0 Å². The maximum absolute atomic E-state index is 12.7. The zero-order chi connectivity index (χ0) is 36.5. The van der Waals surface area contributed by atoms with Gasteiger partial charge in [0.25, 0.3) is 0 Å². The van der Waals surface area contributed by atoms with Gasteiger partial charge >= 0.3 is 44.3 Å². The van der Waals surface area contributed by atoms with Crippen LogP contribution >= 0.6 is 35.3 Å². The van der Waals surface area contributed by atoms with Gasteiger partial charge in [-0.3, -0.25) is 14.4 Å². The second-order valence-electron chi connectivity index (χ2n) is 10.1. The normalized spacial score (nSPS) is 12.6. The molecule has 0 aromatic heterocycles. The van der Waals surface area contributed by atoms with Crippen LogP contribution in [0.1, 0.15) is 13.3 Å². The van der Waals surface area contributed by atoms with Crippen molar-refractivity contribution in [3.63, 3.8) is 0 Å². The third kappa shape index (κ3) is 17.8. The van der Waals surface area contributed by atoms with Crippen LogP contribution in [-0.2, 0) is 68.4 Å². The van der Waals surface area contributed by atoms with Crippen LogP contribution in [0.5, 0.6) is 0 Å². The van der Waals surface area contributed by atoms with Gasteiger partial charge in [0.2, 0.25) is 0 Å². The Kier molecular flexibility index (Phi) is 26.4. The Hall–Kier alpha value is -0.249. The SMILES string of the molecule is CCC(COC(=O)CSCC[Si](OC)(OC)OC)(COC(=O)CSCC[Si](OC)(OC)OC)COC(=O)CSCC[Si](OC)(OC)OC. The minimum atomic E-state index is -2.75. The molecule has 48 heavy (non-hydrogen) atoms. The van der Waals surface area contributed by atoms with Gasteiger partial charge in [-0.15, -0.1) is 0 Å². The molecule has 0 heterocycles. The van der Waals surface area contributed by atoms with E-state index in [1.807, 2.05) is 6.92 Å². The fourth-order valence-electron chi connectivity index (χ4n) is 3.98. The van der Waals surface area contributed by atoms with Gasteiger partial charge in [0.05, 0.1) is 22.7 Å². The topological polar surface area (TPSA) is 162 Å². The van der Waals surface area contributed by atoms with Crippen molar-refractivity contribution in [2.45, 2.75) is 31.5 Å². The smallest absolute Gasteiger partial charge is 0.464 e. The number of hydrogen-bond donors (Lipinski definition) is 0. The fraction of sp³-hybridized carbons (Fsp3) is 0.889. The minimum absolute atomic E-state index is 0.0821. The first-order valence-electron chi connectivity index (χ1n) is 15.1. The molecule has 0 N–H and O–H groups in total. The lowest BCUT2D eigenvalue weighted by molar-refractivity contribution is -0.158. The Morgan fingerprint density at radius 3 is 0.875 bits per heavy atom. The summed E-state index contributed by atoms with van der Waals surface area (Å²) in [5.74, 6) is 0.570. The van der Waals surface area contributed by atoms with Crippen molar-refractivity contribution in [3.8, 4) is 0 Å². The van der Waals surface area contributed by atoms with E-state index >= 15 is 0 Å². The van der Waals surface area contributed by atoms with E-state index in [0.717, 1.165) is 0 Å². The standard InChI is InChI=1S/C27H56O15S3Si3/c1-11-27(21-40-24(28)18-43-12-15-46(31-2,32-3)33-4,22-41-25(29)19-44-13-16-47(34-5,35-6)36-7)23-42-26(30)20-45-14-17-48(37-8,38-9)39-10/h11-23H2,1-10H3. The van der Waals surface area contributed by atoms with Crippen molar-refractivity contribution in [1.29, 1.82) is 0 Å². The summed E-state index contributed by atoms with van der Waals surface area (Å²) >= 11 is 4.08. The molecule has 0 aliphatic heterocycles. The number of rotatable bonds is 31. The van der Waals surface area contributed by atoms with E-state index in [1.165, 1.54) is 99.3 Å². The van der Waals surface area contributed by atoms with Crippen LogP contribution in [0.25, 0.3) is 0 Å². The maximum atomic E-state index is 12.7. The van der Waals surface area contributed by atoms with Crippen molar-refractivity contribution in [2.75, 3.05) is 118 Å². The summed E-state index contributed by atoms with van der Waals surface area (Å²) in [6.07, 6.45) is 0.408. The van der Waals surface area contributed by atoms with Crippen LogP contribution in [-0.4, -0.2) is 163 Å². The zero-order valence-electron chi connectivity index (χ0n) is 30.0. The summed E-state index contributed by atoms with van der Waals surface area (Å²) in [6, 6.07) is 1.56. The van der Waals surface area contributed by atoms with E-state index in [-0.39, 0.29) is 37.1 Å². The predicted molar refractivity (Wildman–Crippen MR) is 192 cm³/mol. The van der Waals surface area contributed by atoms with Gasteiger partial charge in [-0.05, 0) is 23.7 Å². The zero-order valence-corrected chi connectivity index (χ0v) is 35.5. The Balaban J connectivity index is 5.22. The Labute approximate surface area is 302 Å². The molecule has 0 saturated heterocycles. The molecular weight excluding hydrogens is 745 g/mol. The highest BCUT2D eigenvalue weighted by Crippen LogP contribution is 2.26. The summed E-state index contributed by atoms with van der Waals surface area (Å²) in [5.41, 5.74) is -0.945. The molecule has 0 bridgehead atoms. The average molecular weight is 801 g/mol. The number of thioether (sulfide) groups is 3. The molecule has 0 aromatic carbocycles. The van der Waals surface area contributed by atoms with Crippen molar-refractivity contribution in [3.05, 3.63) is 0 Å². The van der Waals surface area contributed by atoms with E-state index < -0.39 is 49.7 Å². The summed E-state index contributed by atoms with van der Waals surface area (Å²) in [4.78, 5) is 38.0. The lowest BCUT2D eigenvalue weighted by atomic mass is 9.88. The van der Waals surface area contributed by atoms with Crippen molar-refractivity contribution in [2.24, 2.45) is 5.41 Å². The van der Waals surface area contributed by atoms with Crippen LogP contribution in [0, 0.1) is 5.41 Å². The summed E-state index contributed by atoms with van der Waals surface area (Å²) < 4.78 is 65.6. The van der Waals surface area contributed by atoms with E-state index in [9.17, 15) is 14.4 Å². The van der Waals surface area contributed by atoms with Crippen LogP contribution in [0.15, 0.2) is 0 Å². The van der Waals surface area contributed by atoms with Gasteiger partial charge in [-0.2, -0.15) is 35.3 Å². The Bertz CT molecular complexity index is 766. The first-order valence-corrected chi connectivity index (χ1v) is 24.3. The molecule has 284 valence electrons. The van der Waals surface area contributed by atoms with Crippen molar-refractivity contribution in [1.82, 2.24) is 0 Å². The molecule has 0 aliphatic carbocycles. The number of carbonyl (C=O) groups is 3. The van der Waals surface area contributed by atoms with Crippen LogP contribution in [0.4, 0.5) is 0 Å². The van der Waals surface area contributed by atoms with Crippen LogP contribution in [0.3, 0.4) is 0 Å². The molecular formula is C27H56O15S3Si3. The molecule has 0 spiro atoms. The molecule has 0 atom stereocenters. The predicted octanol–water partition coefficient (Wildman–Crippen LogP) is 2.85. The molecule has 0 amide bonds. The summed E-state index contributed by atoms with van der Waals surface area (Å²) in [6.45, 7) is 1.53. The van der Waals surface area contributed by atoms with E-state index in [1.54, 1.807) is 0 Å². The van der Waals surface area contributed by atoms with Gasteiger partial charge in [0, 0.05) is 82.1 Å². The molecule has 0 fully saturated rings.